The first-order chi connectivity index (χ1) is 7.59. The van der Waals surface area contributed by atoms with E-state index in [1.54, 1.807) is 6.92 Å². The summed E-state index contributed by atoms with van der Waals surface area (Å²) in [5.74, 6) is -0.962. The van der Waals surface area contributed by atoms with Gasteiger partial charge in [-0.1, -0.05) is 0 Å². The van der Waals surface area contributed by atoms with E-state index in [2.05, 4.69) is 4.98 Å². The molecule has 0 bridgehead atoms. The van der Waals surface area contributed by atoms with Gasteiger partial charge in [-0.25, -0.2) is 9.78 Å². The van der Waals surface area contributed by atoms with Crippen molar-refractivity contribution in [1.82, 2.24) is 4.98 Å². The van der Waals surface area contributed by atoms with E-state index in [0.717, 1.165) is 23.0 Å². The largest absolute Gasteiger partial charge is 0.476 e. The molecule has 2 rings (SSSR count). The Kier molecular flexibility index (Phi) is 3.11. The average molecular weight is 242 g/mol. The maximum Gasteiger partial charge on any atom is 0.355 e. The first-order valence-electron chi connectivity index (χ1n) is 5.11. The van der Waals surface area contributed by atoms with Crippen LogP contribution in [-0.4, -0.2) is 42.4 Å². The van der Waals surface area contributed by atoms with Crippen molar-refractivity contribution in [3.05, 3.63) is 10.6 Å². The van der Waals surface area contributed by atoms with Crippen LogP contribution in [0.1, 0.15) is 21.8 Å². The molecule has 0 aromatic carbocycles. The van der Waals surface area contributed by atoms with E-state index in [-0.39, 0.29) is 5.69 Å². The summed E-state index contributed by atoms with van der Waals surface area (Å²) in [6.07, 6.45) is 0.970. The Balaban J connectivity index is 2.20. The molecule has 0 saturated carbocycles. The summed E-state index contributed by atoms with van der Waals surface area (Å²) in [6, 6.07) is 0.312. The second-order valence-corrected chi connectivity index (χ2v) is 5.02. The minimum Gasteiger partial charge on any atom is -0.476 e. The van der Waals surface area contributed by atoms with Gasteiger partial charge in [0.05, 0.1) is 12.6 Å². The van der Waals surface area contributed by atoms with Gasteiger partial charge in [0.1, 0.15) is 0 Å². The second kappa shape index (κ2) is 4.39. The molecule has 5 nitrogen and oxygen atoms in total. The van der Waals surface area contributed by atoms with Crippen LogP contribution in [0.4, 0.5) is 5.13 Å². The van der Waals surface area contributed by atoms with Gasteiger partial charge in [0.15, 0.2) is 10.8 Å². The van der Waals surface area contributed by atoms with Gasteiger partial charge in [-0.2, -0.15) is 0 Å². The van der Waals surface area contributed by atoms with Crippen LogP contribution in [0.3, 0.4) is 0 Å². The molecule has 0 amide bonds. The molecule has 0 spiro atoms. The topological polar surface area (TPSA) is 62.7 Å². The van der Waals surface area contributed by atoms with Gasteiger partial charge in [0.2, 0.25) is 0 Å². The van der Waals surface area contributed by atoms with Crippen LogP contribution in [0.25, 0.3) is 0 Å². The number of ether oxygens (including phenoxy) is 1. The van der Waals surface area contributed by atoms with E-state index < -0.39 is 5.97 Å². The predicted octanol–water partition coefficient (Wildman–Crippen LogP) is 1.37. The van der Waals surface area contributed by atoms with Crippen molar-refractivity contribution in [2.75, 3.05) is 25.2 Å². The SMILES string of the molecule is Cc1sc(N(C)C2CCOC2)nc1C(=O)O. The number of aromatic carboxylic acids is 1. The fraction of sp³-hybridized carbons (Fsp3) is 0.600. The highest BCUT2D eigenvalue weighted by molar-refractivity contribution is 7.15. The Morgan fingerprint density at radius 3 is 2.94 bits per heavy atom. The Bertz CT molecular complexity index is 399. The van der Waals surface area contributed by atoms with Crippen LogP contribution in [-0.2, 0) is 4.74 Å². The number of hydrogen-bond acceptors (Lipinski definition) is 5. The zero-order chi connectivity index (χ0) is 11.7. The van der Waals surface area contributed by atoms with E-state index in [1.165, 1.54) is 11.3 Å². The molecule has 6 heteroatoms. The lowest BCUT2D eigenvalue weighted by molar-refractivity contribution is 0.0690. The third-order valence-electron chi connectivity index (χ3n) is 2.74. The standard InChI is InChI=1S/C10H14N2O3S/c1-6-8(9(13)14)11-10(16-6)12(2)7-3-4-15-5-7/h7H,3-5H2,1-2H3,(H,13,14). The number of rotatable bonds is 3. The predicted molar refractivity (Wildman–Crippen MR) is 61.4 cm³/mol. The van der Waals surface area contributed by atoms with Crippen molar-refractivity contribution in [3.63, 3.8) is 0 Å². The maximum atomic E-state index is 10.9. The molecule has 1 unspecified atom stereocenters. The lowest BCUT2D eigenvalue weighted by atomic mass is 10.2. The first kappa shape index (κ1) is 11.3. The van der Waals surface area contributed by atoms with E-state index in [4.69, 9.17) is 9.84 Å². The van der Waals surface area contributed by atoms with Crippen molar-refractivity contribution >= 4 is 22.4 Å². The van der Waals surface area contributed by atoms with Crippen LogP contribution in [0.5, 0.6) is 0 Å². The number of hydrogen-bond donors (Lipinski definition) is 1. The number of nitrogens with zero attached hydrogens (tertiary/aromatic N) is 2. The normalized spacial score (nSPS) is 20.0. The third kappa shape index (κ3) is 2.03. The quantitative estimate of drug-likeness (QED) is 0.867. The molecule has 0 aliphatic carbocycles. The lowest BCUT2D eigenvalue weighted by Gasteiger charge is -2.21. The summed E-state index contributed by atoms with van der Waals surface area (Å²) < 4.78 is 5.30. The zero-order valence-electron chi connectivity index (χ0n) is 9.27. The van der Waals surface area contributed by atoms with E-state index in [0.29, 0.717) is 12.6 Å². The molecule has 1 aliphatic rings. The summed E-state index contributed by atoms with van der Waals surface area (Å²) in [5, 5.41) is 9.68. The van der Waals surface area contributed by atoms with Crippen LogP contribution >= 0.6 is 11.3 Å². The summed E-state index contributed by atoms with van der Waals surface area (Å²) in [7, 11) is 1.93. The van der Waals surface area contributed by atoms with E-state index in [1.807, 2.05) is 11.9 Å². The van der Waals surface area contributed by atoms with E-state index >= 15 is 0 Å². The van der Waals surface area contributed by atoms with Crippen LogP contribution < -0.4 is 4.90 Å². The number of likely N-dealkylation sites (N-methyl/N-ethyl adjacent to an activating group) is 1. The van der Waals surface area contributed by atoms with Gasteiger partial charge in [-0.05, 0) is 13.3 Å². The number of aryl methyl sites for hydroxylation is 1. The number of carboxylic acid groups (broad SMARTS) is 1. The minimum absolute atomic E-state index is 0.158. The molecule has 88 valence electrons. The zero-order valence-corrected chi connectivity index (χ0v) is 10.1. The molecular formula is C10H14N2O3S. The number of thiazole rings is 1. The Morgan fingerprint density at radius 1 is 1.69 bits per heavy atom. The highest BCUT2D eigenvalue weighted by Gasteiger charge is 2.24. The van der Waals surface area contributed by atoms with Crippen molar-refractivity contribution < 1.29 is 14.6 Å². The van der Waals surface area contributed by atoms with Gasteiger partial charge in [0.25, 0.3) is 0 Å². The fourth-order valence-corrected chi connectivity index (χ4v) is 2.65. The smallest absolute Gasteiger partial charge is 0.355 e. The highest BCUT2D eigenvalue weighted by Crippen LogP contribution is 2.27. The van der Waals surface area contributed by atoms with Gasteiger partial charge < -0.3 is 14.7 Å². The van der Waals surface area contributed by atoms with Crippen molar-refractivity contribution in [1.29, 1.82) is 0 Å². The molecule has 1 aromatic rings. The third-order valence-corrected chi connectivity index (χ3v) is 3.80. The number of carbonyl (C=O) groups is 1. The average Bonchev–Trinajstić information content (AvgIpc) is 2.84. The highest BCUT2D eigenvalue weighted by atomic mass is 32.1. The molecule has 1 fully saturated rings. The number of carboxylic acids is 1. The number of anilines is 1. The van der Waals surface area contributed by atoms with Crippen LogP contribution in [0, 0.1) is 6.92 Å². The molecule has 2 heterocycles. The molecule has 0 radical (unpaired) electrons. The number of aromatic nitrogens is 1. The summed E-state index contributed by atoms with van der Waals surface area (Å²) in [4.78, 5) is 17.8. The summed E-state index contributed by atoms with van der Waals surface area (Å²) >= 11 is 1.42. The first-order valence-corrected chi connectivity index (χ1v) is 5.92. The summed E-state index contributed by atoms with van der Waals surface area (Å²) in [6.45, 7) is 3.24. The molecule has 1 N–H and O–H groups in total. The van der Waals surface area contributed by atoms with Gasteiger partial charge >= 0.3 is 5.97 Å². The molecule has 1 atom stereocenters. The molecule has 1 saturated heterocycles. The maximum absolute atomic E-state index is 10.9. The Labute approximate surface area is 97.7 Å². The van der Waals surface area contributed by atoms with Crippen molar-refractivity contribution in [3.8, 4) is 0 Å². The Hall–Kier alpha value is -1.14. The van der Waals surface area contributed by atoms with Crippen molar-refractivity contribution in [2.45, 2.75) is 19.4 Å². The monoisotopic (exact) mass is 242 g/mol. The fourth-order valence-electron chi connectivity index (χ4n) is 1.72. The molecule has 1 aliphatic heterocycles. The minimum atomic E-state index is -0.962. The van der Waals surface area contributed by atoms with Crippen molar-refractivity contribution in [2.24, 2.45) is 0 Å². The molecule has 16 heavy (non-hydrogen) atoms. The Morgan fingerprint density at radius 2 is 2.44 bits per heavy atom. The molecule has 1 aromatic heterocycles. The van der Waals surface area contributed by atoms with Gasteiger partial charge in [-0.15, -0.1) is 11.3 Å². The second-order valence-electron chi connectivity index (χ2n) is 3.83. The van der Waals surface area contributed by atoms with Crippen LogP contribution in [0.2, 0.25) is 0 Å². The van der Waals surface area contributed by atoms with E-state index in [9.17, 15) is 4.79 Å². The van der Waals surface area contributed by atoms with Crippen LogP contribution in [0.15, 0.2) is 0 Å². The summed E-state index contributed by atoms with van der Waals surface area (Å²) in [5.41, 5.74) is 0.158. The lowest BCUT2D eigenvalue weighted by Crippen LogP contribution is -2.31. The molecular weight excluding hydrogens is 228 g/mol. The van der Waals surface area contributed by atoms with Gasteiger partial charge in [-0.3, -0.25) is 0 Å². The van der Waals surface area contributed by atoms with Gasteiger partial charge in [0, 0.05) is 18.5 Å².